The van der Waals surface area contributed by atoms with E-state index >= 15 is 0 Å². The standard InChI is InChI=1S/C23H26N2O3S3/c1-2-28-22(27)20-17-9-8-16(15-6-4-3-5-7-15)14-18(17)31-21(20)25-19(26)10-12-29-23-24-11-13-30-23/h3-7,16H,2,8-14H2,1H3,(H,25,26). The van der Waals surface area contributed by atoms with Crippen molar-refractivity contribution < 1.29 is 14.3 Å². The van der Waals surface area contributed by atoms with E-state index in [1.165, 1.54) is 21.8 Å². The summed E-state index contributed by atoms with van der Waals surface area (Å²) in [6.45, 7) is 2.99. The third-order valence-corrected chi connectivity index (χ3v) is 8.81. The highest BCUT2D eigenvalue weighted by atomic mass is 32.2. The number of nitrogens with zero attached hydrogens (tertiary/aromatic N) is 1. The zero-order valence-corrected chi connectivity index (χ0v) is 20.0. The summed E-state index contributed by atoms with van der Waals surface area (Å²) in [5.41, 5.74) is 2.94. The lowest BCUT2D eigenvalue weighted by atomic mass is 9.83. The number of hydrogen-bond acceptors (Lipinski definition) is 7. The molecule has 1 aromatic carbocycles. The van der Waals surface area contributed by atoms with E-state index in [0.29, 0.717) is 35.3 Å². The smallest absolute Gasteiger partial charge is 0.341 e. The summed E-state index contributed by atoms with van der Waals surface area (Å²) >= 11 is 4.91. The number of hydrogen-bond donors (Lipinski definition) is 1. The van der Waals surface area contributed by atoms with Gasteiger partial charge in [-0.25, -0.2) is 4.79 Å². The Labute approximate surface area is 195 Å². The fraction of sp³-hybridized carbons (Fsp3) is 0.435. The lowest BCUT2D eigenvalue weighted by Gasteiger charge is -2.23. The summed E-state index contributed by atoms with van der Waals surface area (Å²) < 4.78 is 6.40. The number of nitrogens with one attached hydrogen (secondary N) is 1. The molecule has 1 atom stereocenters. The van der Waals surface area contributed by atoms with E-state index in [0.717, 1.165) is 41.5 Å². The number of ether oxygens (including phenoxy) is 1. The van der Waals surface area contributed by atoms with E-state index in [1.807, 2.05) is 6.07 Å². The molecule has 1 amide bonds. The van der Waals surface area contributed by atoms with Crippen LogP contribution in [0.3, 0.4) is 0 Å². The maximum atomic E-state index is 12.7. The summed E-state index contributed by atoms with van der Waals surface area (Å²) in [6.07, 6.45) is 3.09. The third-order valence-electron chi connectivity index (χ3n) is 5.38. The third kappa shape index (κ3) is 5.54. The average molecular weight is 475 g/mol. The molecule has 31 heavy (non-hydrogen) atoms. The van der Waals surface area contributed by atoms with Gasteiger partial charge in [0, 0.05) is 22.8 Å². The van der Waals surface area contributed by atoms with Gasteiger partial charge < -0.3 is 10.1 Å². The van der Waals surface area contributed by atoms with Crippen molar-refractivity contribution in [3.63, 3.8) is 0 Å². The summed E-state index contributed by atoms with van der Waals surface area (Å²) in [5.74, 6) is 1.75. The van der Waals surface area contributed by atoms with Crippen molar-refractivity contribution in [1.82, 2.24) is 0 Å². The number of carbonyl (C=O) groups excluding carboxylic acids is 2. The fourth-order valence-corrected chi connectivity index (χ4v) is 7.28. The number of aliphatic imine (C=N–C) groups is 1. The topological polar surface area (TPSA) is 67.8 Å². The second kappa shape index (κ2) is 10.7. The molecular weight excluding hydrogens is 448 g/mol. The van der Waals surface area contributed by atoms with Crippen molar-refractivity contribution in [2.24, 2.45) is 4.99 Å². The van der Waals surface area contributed by atoms with Crippen LogP contribution >= 0.6 is 34.9 Å². The van der Waals surface area contributed by atoms with Gasteiger partial charge in [-0.3, -0.25) is 9.79 Å². The first kappa shape index (κ1) is 22.4. The maximum Gasteiger partial charge on any atom is 0.341 e. The molecule has 1 aliphatic heterocycles. The quantitative estimate of drug-likeness (QED) is 0.547. The van der Waals surface area contributed by atoms with Crippen LogP contribution < -0.4 is 5.32 Å². The Kier molecular flexibility index (Phi) is 7.74. The summed E-state index contributed by atoms with van der Waals surface area (Å²) in [6, 6.07) is 10.5. The van der Waals surface area contributed by atoms with Gasteiger partial charge in [-0.05, 0) is 43.2 Å². The van der Waals surface area contributed by atoms with E-state index in [4.69, 9.17) is 4.74 Å². The fourth-order valence-electron chi connectivity index (χ4n) is 3.93. The molecule has 0 saturated heterocycles. The number of thioether (sulfide) groups is 2. The molecule has 1 unspecified atom stereocenters. The Bertz CT molecular complexity index is 972. The number of amides is 1. The Morgan fingerprint density at radius 1 is 1.29 bits per heavy atom. The second-order valence-electron chi connectivity index (χ2n) is 7.42. The average Bonchev–Trinajstić information content (AvgIpc) is 3.41. The molecule has 0 saturated carbocycles. The van der Waals surface area contributed by atoms with Gasteiger partial charge in [0.1, 0.15) is 9.38 Å². The SMILES string of the molecule is CCOC(=O)c1c(NC(=O)CCSC2=NCCS2)sc2c1CCC(c1ccccc1)C2. The lowest BCUT2D eigenvalue weighted by Crippen LogP contribution is -2.17. The van der Waals surface area contributed by atoms with Gasteiger partial charge in [-0.15, -0.1) is 11.3 Å². The van der Waals surface area contributed by atoms with Crippen LogP contribution in [0.15, 0.2) is 35.3 Å². The Morgan fingerprint density at radius 2 is 2.13 bits per heavy atom. The molecule has 0 fully saturated rings. The van der Waals surface area contributed by atoms with E-state index in [-0.39, 0.29) is 11.9 Å². The zero-order chi connectivity index (χ0) is 21.6. The monoisotopic (exact) mass is 474 g/mol. The minimum absolute atomic E-state index is 0.0696. The van der Waals surface area contributed by atoms with E-state index in [1.54, 1.807) is 30.4 Å². The summed E-state index contributed by atoms with van der Waals surface area (Å²) in [4.78, 5) is 30.9. The van der Waals surface area contributed by atoms with Crippen LogP contribution in [0.25, 0.3) is 0 Å². The molecule has 0 spiro atoms. The number of thiophene rings is 1. The second-order valence-corrected chi connectivity index (χ2v) is 11.0. The molecule has 164 valence electrons. The van der Waals surface area contributed by atoms with Crippen LogP contribution in [0, 0.1) is 0 Å². The predicted octanol–water partition coefficient (Wildman–Crippen LogP) is 5.36. The minimum Gasteiger partial charge on any atom is -0.462 e. The maximum absolute atomic E-state index is 12.7. The predicted molar refractivity (Wildman–Crippen MR) is 132 cm³/mol. The van der Waals surface area contributed by atoms with Gasteiger partial charge >= 0.3 is 5.97 Å². The number of anilines is 1. The number of carbonyl (C=O) groups is 2. The minimum atomic E-state index is -0.334. The van der Waals surface area contributed by atoms with Gasteiger partial charge in [0.25, 0.3) is 0 Å². The summed E-state index contributed by atoms with van der Waals surface area (Å²) in [7, 11) is 0. The first-order valence-electron chi connectivity index (χ1n) is 10.6. The highest BCUT2D eigenvalue weighted by Crippen LogP contribution is 2.42. The van der Waals surface area contributed by atoms with Crippen LogP contribution in [0.2, 0.25) is 0 Å². The van der Waals surface area contributed by atoms with Crippen molar-refractivity contribution >= 4 is 56.1 Å². The molecule has 1 aliphatic carbocycles. The van der Waals surface area contributed by atoms with E-state index < -0.39 is 0 Å². The molecule has 4 rings (SSSR count). The van der Waals surface area contributed by atoms with Gasteiger partial charge in [-0.2, -0.15) is 0 Å². The van der Waals surface area contributed by atoms with Crippen LogP contribution in [0.1, 0.15) is 52.0 Å². The lowest BCUT2D eigenvalue weighted by molar-refractivity contribution is -0.115. The molecule has 8 heteroatoms. The van der Waals surface area contributed by atoms with Crippen LogP contribution in [0.5, 0.6) is 0 Å². The van der Waals surface area contributed by atoms with E-state index in [2.05, 4.69) is 34.6 Å². The first-order chi connectivity index (χ1) is 15.2. The van der Waals surface area contributed by atoms with Crippen molar-refractivity contribution in [2.75, 3.05) is 30.0 Å². The number of benzene rings is 1. The Hall–Kier alpha value is -1.77. The van der Waals surface area contributed by atoms with Gasteiger partial charge in [-0.1, -0.05) is 53.9 Å². The van der Waals surface area contributed by atoms with Crippen molar-refractivity contribution in [2.45, 2.75) is 38.5 Å². The zero-order valence-electron chi connectivity index (χ0n) is 17.5. The molecule has 2 aliphatic rings. The van der Waals surface area contributed by atoms with Gasteiger partial charge in [0.2, 0.25) is 5.91 Å². The molecule has 2 heterocycles. The number of esters is 1. The van der Waals surface area contributed by atoms with Crippen LogP contribution in [-0.2, 0) is 22.4 Å². The molecular formula is C23H26N2O3S3. The number of fused-ring (bicyclic) bond motifs is 1. The molecule has 1 aromatic heterocycles. The number of rotatable bonds is 7. The van der Waals surface area contributed by atoms with Crippen molar-refractivity contribution in [3.8, 4) is 0 Å². The largest absolute Gasteiger partial charge is 0.462 e. The molecule has 0 bridgehead atoms. The first-order valence-corrected chi connectivity index (χ1v) is 13.4. The Balaban J connectivity index is 1.48. The van der Waals surface area contributed by atoms with E-state index in [9.17, 15) is 9.59 Å². The molecule has 5 nitrogen and oxygen atoms in total. The van der Waals surface area contributed by atoms with Crippen LogP contribution in [0.4, 0.5) is 5.00 Å². The highest BCUT2D eigenvalue weighted by molar-refractivity contribution is 8.39. The molecule has 0 radical (unpaired) electrons. The van der Waals surface area contributed by atoms with Gasteiger partial charge in [0.15, 0.2) is 0 Å². The van der Waals surface area contributed by atoms with Gasteiger partial charge in [0.05, 0.1) is 18.7 Å². The Morgan fingerprint density at radius 3 is 2.87 bits per heavy atom. The van der Waals surface area contributed by atoms with Crippen molar-refractivity contribution in [1.29, 1.82) is 0 Å². The summed E-state index contributed by atoms with van der Waals surface area (Å²) in [5, 5.41) is 3.64. The van der Waals surface area contributed by atoms with Crippen LogP contribution in [-0.4, -0.2) is 40.9 Å². The normalized spacial score (nSPS) is 17.7. The molecule has 1 N–H and O–H groups in total. The highest BCUT2D eigenvalue weighted by Gasteiger charge is 2.30. The van der Waals surface area contributed by atoms with Crippen molar-refractivity contribution in [3.05, 3.63) is 51.9 Å². The molecule has 2 aromatic rings.